The maximum Gasteiger partial charge on any atom is 0.325 e. The van der Waals surface area contributed by atoms with Gasteiger partial charge in [0.15, 0.2) is 0 Å². The van der Waals surface area contributed by atoms with E-state index in [1.54, 1.807) is 0 Å². The monoisotopic (exact) mass is 357 g/mol. The SMILES string of the molecule is Cc1ccc2cc(CN3C(=O)NC4(CCCC4)C3=O)c(Cl)nc2c1C. The van der Waals surface area contributed by atoms with Crippen LogP contribution in [-0.2, 0) is 11.3 Å². The molecule has 5 nitrogen and oxygen atoms in total. The lowest BCUT2D eigenvalue weighted by atomic mass is 9.98. The zero-order valence-corrected chi connectivity index (χ0v) is 15.1. The molecule has 1 N–H and O–H groups in total. The zero-order chi connectivity index (χ0) is 17.8. The van der Waals surface area contributed by atoms with Crippen molar-refractivity contribution < 1.29 is 9.59 Å². The standard InChI is InChI=1S/C19H20ClN3O2/c1-11-5-6-13-9-14(16(20)21-15(13)12(11)2)10-23-17(24)19(22-18(23)25)7-3-4-8-19/h5-6,9H,3-4,7-8,10H2,1-2H3,(H,22,25). The van der Waals surface area contributed by atoms with Crippen molar-refractivity contribution in [1.82, 2.24) is 15.2 Å². The van der Waals surface area contributed by atoms with Gasteiger partial charge in [-0.2, -0.15) is 0 Å². The number of rotatable bonds is 2. The summed E-state index contributed by atoms with van der Waals surface area (Å²) in [5.41, 5.74) is 3.10. The first-order valence-electron chi connectivity index (χ1n) is 8.61. The number of nitrogens with one attached hydrogen (secondary N) is 1. The van der Waals surface area contributed by atoms with Crippen LogP contribution in [-0.4, -0.2) is 27.4 Å². The first kappa shape index (κ1) is 16.3. The number of benzene rings is 1. The lowest BCUT2D eigenvalue weighted by Gasteiger charge is -2.20. The summed E-state index contributed by atoms with van der Waals surface area (Å²) < 4.78 is 0. The quantitative estimate of drug-likeness (QED) is 0.655. The number of fused-ring (bicyclic) bond motifs is 1. The maximum absolute atomic E-state index is 12.8. The molecule has 2 aliphatic rings. The molecule has 0 unspecified atom stereocenters. The van der Waals surface area contributed by atoms with Crippen LogP contribution < -0.4 is 5.32 Å². The molecular weight excluding hydrogens is 338 g/mol. The van der Waals surface area contributed by atoms with Crippen molar-refractivity contribution >= 4 is 34.4 Å². The van der Waals surface area contributed by atoms with Crippen LogP contribution in [0.2, 0.25) is 5.15 Å². The fourth-order valence-corrected chi connectivity index (χ4v) is 4.12. The number of hydrogen-bond donors (Lipinski definition) is 1. The normalized spacial score (nSPS) is 19.2. The zero-order valence-electron chi connectivity index (χ0n) is 14.4. The number of hydrogen-bond acceptors (Lipinski definition) is 3. The Morgan fingerprint density at radius 3 is 2.68 bits per heavy atom. The average molecular weight is 358 g/mol. The number of halogens is 1. The fourth-order valence-electron chi connectivity index (χ4n) is 3.92. The Morgan fingerprint density at radius 1 is 1.24 bits per heavy atom. The Balaban J connectivity index is 1.69. The molecule has 0 atom stereocenters. The molecule has 1 spiro atoms. The van der Waals surface area contributed by atoms with Crippen LogP contribution >= 0.6 is 11.6 Å². The van der Waals surface area contributed by atoms with Gasteiger partial charge in [-0.25, -0.2) is 9.78 Å². The third-order valence-corrected chi connectivity index (χ3v) is 5.90. The van der Waals surface area contributed by atoms with Crippen molar-refractivity contribution in [3.8, 4) is 0 Å². The molecule has 1 aromatic heterocycles. The third kappa shape index (κ3) is 2.49. The van der Waals surface area contributed by atoms with Crippen molar-refractivity contribution in [1.29, 1.82) is 0 Å². The summed E-state index contributed by atoms with van der Waals surface area (Å²) in [6, 6.07) is 5.63. The van der Waals surface area contributed by atoms with Crippen LogP contribution in [0.1, 0.15) is 42.4 Å². The summed E-state index contributed by atoms with van der Waals surface area (Å²) in [7, 11) is 0. The second-order valence-corrected chi connectivity index (χ2v) is 7.49. The van der Waals surface area contributed by atoms with Crippen LogP contribution in [0.4, 0.5) is 4.79 Å². The van der Waals surface area contributed by atoms with Gasteiger partial charge in [-0.1, -0.05) is 36.6 Å². The van der Waals surface area contributed by atoms with Gasteiger partial charge in [0.1, 0.15) is 10.7 Å². The number of imide groups is 1. The minimum atomic E-state index is -0.693. The van der Waals surface area contributed by atoms with Crippen molar-refractivity contribution in [2.24, 2.45) is 0 Å². The molecule has 1 aliphatic heterocycles. The van der Waals surface area contributed by atoms with E-state index in [0.717, 1.165) is 47.7 Å². The Kier molecular flexibility index (Phi) is 3.72. The van der Waals surface area contributed by atoms with E-state index in [9.17, 15) is 9.59 Å². The number of carbonyl (C=O) groups is 2. The third-order valence-electron chi connectivity index (χ3n) is 5.57. The van der Waals surface area contributed by atoms with Gasteiger partial charge in [-0.3, -0.25) is 9.69 Å². The van der Waals surface area contributed by atoms with Gasteiger partial charge in [0.05, 0.1) is 12.1 Å². The number of aromatic nitrogens is 1. The van der Waals surface area contributed by atoms with Crippen LogP contribution in [0.5, 0.6) is 0 Å². The smallest absolute Gasteiger partial charge is 0.323 e. The summed E-state index contributed by atoms with van der Waals surface area (Å²) in [5.74, 6) is -0.133. The first-order chi connectivity index (χ1) is 11.9. The van der Waals surface area contributed by atoms with E-state index in [1.807, 2.05) is 32.0 Å². The van der Waals surface area contributed by atoms with Gasteiger partial charge in [0.2, 0.25) is 0 Å². The molecule has 2 fully saturated rings. The van der Waals surface area contributed by atoms with E-state index in [1.165, 1.54) is 4.90 Å². The lowest BCUT2D eigenvalue weighted by Crippen LogP contribution is -2.44. The summed E-state index contributed by atoms with van der Waals surface area (Å²) in [6.45, 7) is 4.20. The number of urea groups is 1. The molecule has 0 bridgehead atoms. The Hall–Kier alpha value is -2.14. The molecule has 1 aromatic carbocycles. The predicted octanol–water partition coefficient (Wildman–Crippen LogP) is 3.87. The highest BCUT2D eigenvalue weighted by atomic mass is 35.5. The van der Waals surface area contributed by atoms with E-state index in [2.05, 4.69) is 10.3 Å². The predicted molar refractivity (Wildman–Crippen MR) is 96.5 cm³/mol. The van der Waals surface area contributed by atoms with E-state index < -0.39 is 5.54 Å². The number of amides is 3. The van der Waals surface area contributed by atoms with E-state index >= 15 is 0 Å². The Labute approximate surface area is 151 Å². The molecular formula is C19H20ClN3O2. The second kappa shape index (κ2) is 5.70. The number of nitrogens with zero attached hydrogens (tertiary/aromatic N) is 2. The average Bonchev–Trinajstić information content (AvgIpc) is 3.13. The minimum absolute atomic E-state index is 0.133. The largest absolute Gasteiger partial charge is 0.325 e. The van der Waals surface area contributed by atoms with Gasteiger partial charge in [-0.15, -0.1) is 0 Å². The summed E-state index contributed by atoms with van der Waals surface area (Å²) in [4.78, 5) is 30.9. The highest BCUT2D eigenvalue weighted by molar-refractivity contribution is 6.30. The van der Waals surface area contributed by atoms with E-state index in [-0.39, 0.29) is 18.5 Å². The van der Waals surface area contributed by atoms with Crippen LogP contribution in [0, 0.1) is 13.8 Å². The highest BCUT2D eigenvalue weighted by Gasteiger charge is 2.52. The highest BCUT2D eigenvalue weighted by Crippen LogP contribution is 2.36. The molecule has 1 aliphatic carbocycles. The molecule has 4 rings (SSSR count). The number of aryl methyl sites for hydroxylation is 2. The van der Waals surface area contributed by atoms with E-state index in [0.29, 0.717) is 10.7 Å². The summed E-state index contributed by atoms with van der Waals surface area (Å²) in [6.07, 6.45) is 3.38. The Bertz CT molecular complexity index is 903. The molecule has 25 heavy (non-hydrogen) atoms. The van der Waals surface area contributed by atoms with Crippen LogP contribution in [0.15, 0.2) is 18.2 Å². The number of carbonyl (C=O) groups excluding carboxylic acids is 2. The molecule has 130 valence electrons. The molecule has 6 heteroatoms. The second-order valence-electron chi connectivity index (χ2n) is 7.13. The van der Waals surface area contributed by atoms with Crippen molar-refractivity contribution in [2.45, 2.75) is 51.6 Å². The van der Waals surface area contributed by atoms with Gasteiger partial charge >= 0.3 is 6.03 Å². The van der Waals surface area contributed by atoms with Gasteiger partial charge in [0, 0.05) is 10.9 Å². The molecule has 0 radical (unpaired) electrons. The molecule has 2 heterocycles. The van der Waals surface area contributed by atoms with Crippen LogP contribution in [0.25, 0.3) is 10.9 Å². The topological polar surface area (TPSA) is 62.3 Å². The Morgan fingerprint density at radius 2 is 1.96 bits per heavy atom. The maximum atomic E-state index is 12.8. The van der Waals surface area contributed by atoms with Crippen molar-refractivity contribution in [3.63, 3.8) is 0 Å². The fraction of sp³-hybridized carbons (Fsp3) is 0.421. The van der Waals surface area contributed by atoms with Crippen molar-refractivity contribution in [3.05, 3.63) is 40.0 Å². The molecule has 2 aromatic rings. The minimum Gasteiger partial charge on any atom is -0.323 e. The summed E-state index contributed by atoms with van der Waals surface area (Å²) in [5, 5.41) is 4.20. The summed E-state index contributed by atoms with van der Waals surface area (Å²) >= 11 is 6.37. The molecule has 3 amide bonds. The number of pyridine rings is 1. The first-order valence-corrected chi connectivity index (χ1v) is 8.98. The van der Waals surface area contributed by atoms with Gasteiger partial charge < -0.3 is 5.32 Å². The van der Waals surface area contributed by atoms with Crippen LogP contribution in [0.3, 0.4) is 0 Å². The molecule has 1 saturated carbocycles. The van der Waals surface area contributed by atoms with Gasteiger partial charge in [-0.05, 0) is 43.9 Å². The lowest BCUT2D eigenvalue weighted by molar-refractivity contribution is -0.131. The molecule has 1 saturated heterocycles. The van der Waals surface area contributed by atoms with E-state index in [4.69, 9.17) is 11.6 Å². The van der Waals surface area contributed by atoms with Gasteiger partial charge in [0.25, 0.3) is 5.91 Å². The van der Waals surface area contributed by atoms with Crippen molar-refractivity contribution in [2.75, 3.05) is 0 Å².